The number of nitrogens with one attached hydrogen (secondary N) is 2. The van der Waals surface area contributed by atoms with Crippen LogP contribution in [0.25, 0.3) is 0 Å². The second-order valence-electron chi connectivity index (χ2n) is 5.42. The van der Waals surface area contributed by atoms with Crippen LogP contribution in [0, 0.1) is 0 Å². The number of pyridine rings is 1. The van der Waals surface area contributed by atoms with Crippen LogP contribution >= 0.6 is 0 Å². The molecule has 7 nitrogen and oxygen atoms in total. The quantitative estimate of drug-likeness (QED) is 0.724. The minimum absolute atomic E-state index is 0.268. The van der Waals surface area contributed by atoms with Crippen molar-refractivity contribution in [2.45, 2.75) is 13.1 Å². The number of carbonyl (C=O) groups excluding carboxylic acids is 1. The molecule has 0 aliphatic heterocycles. The first kappa shape index (κ1) is 16.5. The Morgan fingerprint density at radius 1 is 1.16 bits per heavy atom. The number of hydrogen-bond donors (Lipinski definition) is 2. The van der Waals surface area contributed by atoms with E-state index in [1.54, 1.807) is 25.6 Å². The number of anilines is 1. The third-order valence-electron chi connectivity index (χ3n) is 3.58. The van der Waals surface area contributed by atoms with Crippen molar-refractivity contribution in [1.29, 1.82) is 0 Å². The minimum Gasteiger partial charge on any atom is -0.481 e. The van der Waals surface area contributed by atoms with Crippen molar-refractivity contribution in [2.24, 2.45) is 0 Å². The first-order valence-electron chi connectivity index (χ1n) is 7.83. The third kappa shape index (κ3) is 4.81. The summed E-state index contributed by atoms with van der Waals surface area (Å²) in [5, 5.41) is 9.76. The van der Waals surface area contributed by atoms with Crippen molar-refractivity contribution in [3.8, 4) is 5.88 Å². The van der Waals surface area contributed by atoms with Gasteiger partial charge in [-0.15, -0.1) is 0 Å². The number of urea groups is 1. The number of rotatable bonds is 6. The smallest absolute Gasteiger partial charge is 0.319 e. The zero-order valence-electron chi connectivity index (χ0n) is 13.8. The van der Waals surface area contributed by atoms with Gasteiger partial charge in [-0.05, 0) is 29.3 Å². The van der Waals surface area contributed by atoms with Gasteiger partial charge in [0.2, 0.25) is 5.88 Å². The molecule has 0 spiro atoms. The van der Waals surface area contributed by atoms with Gasteiger partial charge >= 0.3 is 6.03 Å². The lowest BCUT2D eigenvalue weighted by atomic mass is 10.2. The van der Waals surface area contributed by atoms with Crippen LogP contribution in [0.1, 0.15) is 11.1 Å². The zero-order chi connectivity index (χ0) is 17.5. The number of carbonyl (C=O) groups is 1. The fourth-order valence-electron chi connectivity index (χ4n) is 2.27. The molecule has 0 aliphatic carbocycles. The Kier molecular flexibility index (Phi) is 5.26. The molecule has 25 heavy (non-hydrogen) atoms. The molecule has 0 saturated carbocycles. The van der Waals surface area contributed by atoms with Gasteiger partial charge < -0.3 is 15.4 Å². The van der Waals surface area contributed by atoms with Crippen LogP contribution in [-0.2, 0) is 13.1 Å². The molecule has 0 bridgehead atoms. The first-order chi connectivity index (χ1) is 12.2. The summed E-state index contributed by atoms with van der Waals surface area (Å²) in [6, 6.07) is 12.9. The molecule has 7 heteroatoms. The van der Waals surface area contributed by atoms with E-state index < -0.39 is 0 Å². The molecule has 2 aromatic heterocycles. The van der Waals surface area contributed by atoms with E-state index in [0.29, 0.717) is 19.0 Å². The highest BCUT2D eigenvalue weighted by molar-refractivity contribution is 5.89. The highest BCUT2D eigenvalue weighted by Gasteiger charge is 2.03. The van der Waals surface area contributed by atoms with Gasteiger partial charge in [0, 0.05) is 36.9 Å². The number of ether oxygens (including phenoxy) is 1. The number of amides is 2. The summed E-state index contributed by atoms with van der Waals surface area (Å²) in [5.41, 5.74) is 2.74. The van der Waals surface area contributed by atoms with Crippen LogP contribution in [0.4, 0.5) is 10.5 Å². The standard InChI is InChI=1S/C18H19N5O2/c1-25-17-8-5-15(11-19-17)12-20-18(24)22-16-6-3-14(4-7-16)13-23-10-2-9-21-23/h2-11H,12-13H2,1H3,(H2,20,22,24). The van der Waals surface area contributed by atoms with Crippen molar-refractivity contribution in [3.63, 3.8) is 0 Å². The summed E-state index contributed by atoms with van der Waals surface area (Å²) in [6.07, 6.45) is 5.33. The number of nitrogens with zero attached hydrogens (tertiary/aromatic N) is 3. The molecular weight excluding hydrogens is 318 g/mol. The summed E-state index contributed by atoms with van der Waals surface area (Å²) in [4.78, 5) is 16.1. The van der Waals surface area contributed by atoms with Crippen LogP contribution in [0.15, 0.2) is 61.1 Å². The highest BCUT2D eigenvalue weighted by atomic mass is 16.5. The lowest BCUT2D eigenvalue weighted by Crippen LogP contribution is -2.28. The Morgan fingerprint density at radius 2 is 1.96 bits per heavy atom. The van der Waals surface area contributed by atoms with Crippen molar-refractivity contribution in [1.82, 2.24) is 20.1 Å². The normalized spacial score (nSPS) is 10.3. The number of hydrogen-bond acceptors (Lipinski definition) is 4. The molecule has 3 aromatic rings. The van der Waals surface area contributed by atoms with Gasteiger partial charge in [-0.25, -0.2) is 9.78 Å². The minimum atomic E-state index is -0.268. The average molecular weight is 337 g/mol. The van der Waals surface area contributed by atoms with Crippen LogP contribution in [0.5, 0.6) is 5.88 Å². The van der Waals surface area contributed by atoms with Crippen LogP contribution < -0.4 is 15.4 Å². The molecule has 2 N–H and O–H groups in total. The van der Waals surface area contributed by atoms with E-state index >= 15 is 0 Å². The molecule has 0 aliphatic rings. The van der Waals surface area contributed by atoms with Crippen molar-refractivity contribution >= 4 is 11.7 Å². The number of benzene rings is 1. The summed E-state index contributed by atoms with van der Waals surface area (Å²) in [7, 11) is 1.56. The predicted octanol–water partition coefficient (Wildman–Crippen LogP) is 2.66. The fraction of sp³-hybridized carbons (Fsp3) is 0.167. The van der Waals surface area contributed by atoms with Crippen LogP contribution in [0.2, 0.25) is 0 Å². The van der Waals surface area contributed by atoms with Crippen molar-refractivity contribution < 1.29 is 9.53 Å². The second kappa shape index (κ2) is 7.96. The van der Waals surface area contributed by atoms with Gasteiger partial charge in [-0.1, -0.05) is 18.2 Å². The average Bonchev–Trinajstić information content (AvgIpc) is 3.15. The third-order valence-corrected chi connectivity index (χ3v) is 3.58. The van der Waals surface area contributed by atoms with Gasteiger partial charge in [0.1, 0.15) is 0 Å². The molecule has 1 aromatic carbocycles. The van der Waals surface area contributed by atoms with E-state index in [2.05, 4.69) is 20.7 Å². The van der Waals surface area contributed by atoms with E-state index in [4.69, 9.17) is 4.74 Å². The monoisotopic (exact) mass is 337 g/mol. The summed E-state index contributed by atoms with van der Waals surface area (Å²) >= 11 is 0. The highest BCUT2D eigenvalue weighted by Crippen LogP contribution is 2.11. The van der Waals surface area contributed by atoms with Gasteiger partial charge in [-0.3, -0.25) is 4.68 Å². The number of aromatic nitrogens is 3. The summed E-state index contributed by atoms with van der Waals surface area (Å²) in [5.74, 6) is 0.545. The Balaban J connectivity index is 1.48. The topological polar surface area (TPSA) is 81.1 Å². The molecular formula is C18H19N5O2. The maximum absolute atomic E-state index is 12.0. The van der Waals surface area contributed by atoms with Gasteiger partial charge in [0.05, 0.1) is 13.7 Å². The van der Waals surface area contributed by atoms with E-state index in [0.717, 1.165) is 16.8 Å². The van der Waals surface area contributed by atoms with Gasteiger partial charge in [0.25, 0.3) is 0 Å². The Morgan fingerprint density at radius 3 is 2.60 bits per heavy atom. The second-order valence-corrected chi connectivity index (χ2v) is 5.42. The Labute approximate surface area is 145 Å². The molecule has 0 radical (unpaired) electrons. The van der Waals surface area contributed by atoms with Crippen LogP contribution in [-0.4, -0.2) is 27.9 Å². The molecule has 3 rings (SSSR count). The lowest BCUT2D eigenvalue weighted by Gasteiger charge is -2.09. The molecule has 128 valence electrons. The summed E-state index contributed by atoms with van der Waals surface area (Å²) < 4.78 is 6.85. The van der Waals surface area contributed by atoms with Crippen molar-refractivity contribution in [2.75, 3.05) is 12.4 Å². The molecule has 0 fully saturated rings. The molecule has 2 amide bonds. The maximum atomic E-state index is 12.0. The zero-order valence-corrected chi connectivity index (χ0v) is 13.8. The van der Waals surface area contributed by atoms with Crippen molar-refractivity contribution in [3.05, 3.63) is 72.2 Å². The lowest BCUT2D eigenvalue weighted by molar-refractivity contribution is 0.251. The van der Waals surface area contributed by atoms with Gasteiger partial charge in [-0.2, -0.15) is 5.10 Å². The van der Waals surface area contributed by atoms with E-state index in [9.17, 15) is 4.79 Å². The van der Waals surface area contributed by atoms with E-state index in [1.807, 2.05) is 47.3 Å². The Hall–Kier alpha value is -3.35. The molecule has 0 atom stereocenters. The summed E-state index contributed by atoms with van der Waals surface area (Å²) in [6.45, 7) is 1.09. The fourth-order valence-corrected chi connectivity index (χ4v) is 2.27. The SMILES string of the molecule is COc1ccc(CNC(=O)Nc2ccc(Cn3cccn3)cc2)cn1. The Bertz CT molecular complexity index is 798. The van der Waals surface area contributed by atoms with Gasteiger partial charge in [0.15, 0.2) is 0 Å². The largest absolute Gasteiger partial charge is 0.481 e. The molecule has 0 saturated heterocycles. The first-order valence-corrected chi connectivity index (χ1v) is 7.83. The van der Waals surface area contributed by atoms with E-state index in [1.165, 1.54) is 0 Å². The molecule has 0 unspecified atom stereocenters. The van der Waals surface area contributed by atoms with Crippen LogP contribution in [0.3, 0.4) is 0 Å². The maximum Gasteiger partial charge on any atom is 0.319 e. The van der Waals surface area contributed by atoms with E-state index in [-0.39, 0.29) is 6.03 Å². The predicted molar refractivity (Wildman–Crippen MR) is 94.4 cm³/mol. The number of methoxy groups -OCH3 is 1. The molecule has 2 heterocycles.